The quantitative estimate of drug-likeness (QED) is 0.720. The minimum Gasteiger partial charge on any atom is -0.382 e. The third-order valence-corrected chi connectivity index (χ3v) is 3.15. The average molecular weight is 243 g/mol. The Hall–Kier alpha value is -2.08. The summed E-state index contributed by atoms with van der Waals surface area (Å²) < 4.78 is 0. The van der Waals surface area contributed by atoms with Crippen molar-refractivity contribution in [3.8, 4) is 0 Å². The molecule has 3 rings (SSSR count). The highest BCUT2D eigenvalue weighted by Gasteiger charge is 2.08. The van der Waals surface area contributed by atoms with Gasteiger partial charge in [0.05, 0.1) is 0 Å². The molecule has 2 heterocycles. The van der Waals surface area contributed by atoms with E-state index in [4.69, 9.17) is 5.73 Å². The van der Waals surface area contributed by atoms with Crippen molar-refractivity contribution in [1.82, 2.24) is 19.9 Å². The zero-order chi connectivity index (χ0) is 11.7. The number of imidazole rings is 1. The molecule has 0 unspecified atom stereocenters. The van der Waals surface area contributed by atoms with Crippen LogP contribution in [0.4, 0.5) is 5.82 Å². The smallest absolute Gasteiger partial charge is 0.183 e. The van der Waals surface area contributed by atoms with Gasteiger partial charge >= 0.3 is 0 Å². The van der Waals surface area contributed by atoms with Crippen LogP contribution in [0.25, 0.3) is 11.2 Å². The molecule has 84 valence electrons. The Morgan fingerprint density at radius 2 is 1.94 bits per heavy atom. The van der Waals surface area contributed by atoms with Crippen molar-refractivity contribution in [1.29, 1.82) is 0 Å². The van der Waals surface area contributed by atoms with Crippen molar-refractivity contribution in [3.05, 3.63) is 36.7 Å². The Morgan fingerprint density at radius 1 is 1.12 bits per heavy atom. The molecule has 0 amide bonds. The normalized spacial score (nSPS) is 10.8. The molecule has 2 aromatic heterocycles. The number of nitrogens with zero attached hydrogens (tertiary/aromatic N) is 3. The number of aromatic nitrogens is 4. The fourth-order valence-electron chi connectivity index (χ4n) is 1.47. The molecule has 3 N–H and O–H groups in total. The third kappa shape index (κ3) is 1.94. The van der Waals surface area contributed by atoms with Crippen LogP contribution in [0.1, 0.15) is 0 Å². The van der Waals surface area contributed by atoms with Crippen LogP contribution >= 0.6 is 11.8 Å². The van der Waals surface area contributed by atoms with E-state index in [0.717, 1.165) is 10.1 Å². The highest BCUT2D eigenvalue weighted by atomic mass is 32.2. The molecule has 0 saturated carbocycles. The highest BCUT2D eigenvalue weighted by Crippen LogP contribution is 2.27. The van der Waals surface area contributed by atoms with Gasteiger partial charge in [-0.15, -0.1) is 0 Å². The summed E-state index contributed by atoms with van der Waals surface area (Å²) in [5.41, 5.74) is 7.01. The second kappa shape index (κ2) is 4.06. The maximum atomic E-state index is 5.73. The molecule has 0 aliphatic carbocycles. The van der Waals surface area contributed by atoms with Crippen LogP contribution in [-0.2, 0) is 0 Å². The van der Waals surface area contributed by atoms with Crippen LogP contribution in [0, 0.1) is 0 Å². The first kappa shape index (κ1) is 10.1. The lowest BCUT2D eigenvalue weighted by Gasteiger charge is -1.95. The van der Waals surface area contributed by atoms with Crippen LogP contribution in [0.5, 0.6) is 0 Å². The summed E-state index contributed by atoms with van der Waals surface area (Å²) in [6, 6.07) is 9.99. The Kier molecular flexibility index (Phi) is 2.41. The van der Waals surface area contributed by atoms with E-state index >= 15 is 0 Å². The van der Waals surface area contributed by atoms with E-state index in [0.29, 0.717) is 17.0 Å². The van der Waals surface area contributed by atoms with Crippen LogP contribution < -0.4 is 5.73 Å². The second-order valence-electron chi connectivity index (χ2n) is 3.41. The van der Waals surface area contributed by atoms with Gasteiger partial charge in [0.1, 0.15) is 11.8 Å². The summed E-state index contributed by atoms with van der Waals surface area (Å²) in [4.78, 5) is 16.5. The molecule has 0 radical (unpaired) electrons. The topological polar surface area (TPSA) is 80.5 Å². The maximum Gasteiger partial charge on any atom is 0.183 e. The molecule has 5 nitrogen and oxygen atoms in total. The van der Waals surface area contributed by atoms with Gasteiger partial charge in [-0.2, -0.15) is 0 Å². The number of fused-ring (bicyclic) bond motifs is 1. The van der Waals surface area contributed by atoms with E-state index in [1.807, 2.05) is 30.3 Å². The van der Waals surface area contributed by atoms with Crippen LogP contribution in [0.3, 0.4) is 0 Å². The Bertz CT molecular complexity index is 649. The monoisotopic (exact) mass is 243 g/mol. The zero-order valence-electron chi connectivity index (χ0n) is 8.79. The number of nitrogen functional groups attached to an aromatic ring is 1. The van der Waals surface area contributed by atoms with E-state index in [9.17, 15) is 0 Å². The lowest BCUT2D eigenvalue weighted by Crippen LogP contribution is -1.91. The van der Waals surface area contributed by atoms with E-state index in [1.54, 1.807) is 0 Å². The van der Waals surface area contributed by atoms with Gasteiger partial charge in [0.25, 0.3) is 0 Å². The SMILES string of the molecule is Nc1ncnc2nc(Sc3ccccc3)[nH]c12. The zero-order valence-corrected chi connectivity index (χ0v) is 9.61. The first-order chi connectivity index (χ1) is 8.33. The van der Waals surface area contributed by atoms with Crippen molar-refractivity contribution < 1.29 is 0 Å². The number of H-pyrrole nitrogens is 1. The Morgan fingerprint density at radius 3 is 2.71 bits per heavy atom. The van der Waals surface area contributed by atoms with Crippen molar-refractivity contribution in [2.75, 3.05) is 5.73 Å². The number of rotatable bonds is 2. The molecule has 1 aromatic carbocycles. The van der Waals surface area contributed by atoms with Crippen LogP contribution in [0.15, 0.2) is 46.7 Å². The first-order valence-electron chi connectivity index (χ1n) is 5.02. The van der Waals surface area contributed by atoms with Crippen molar-refractivity contribution in [3.63, 3.8) is 0 Å². The molecule has 0 fully saturated rings. The molecule has 6 heteroatoms. The van der Waals surface area contributed by atoms with Crippen LogP contribution in [-0.4, -0.2) is 19.9 Å². The number of nitrogens with one attached hydrogen (secondary N) is 1. The van der Waals surface area contributed by atoms with Gasteiger partial charge in [-0.3, -0.25) is 0 Å². The molecular weight excluding hydrogens is 234 g/mol. The number of aromatic amines is 1. The third-order valence-electron chi connectivity index (χ3n) is 2.25. The summed E-state index contributed by atoms with van der Waals surface area (Å²) in [7, 11) is 0. The number of nitrogens with two attached hydrogens (primary N) is 1. The Labute approximate surface area is 102 Å². The van der Waals surface area contributed by atoms with Crippen molar-refractivity contribution in [2.45, 2.75) is 10.1 Å². The fourth-order valence-corrected chi connectivity index (χ4v) is 2.28. The number of hydrogen-bond acceptors (Lipinski definition) is 5. The minimum absolute atomic E-state index is 0.419. The summed E-state index contributed by atoms with van der Waals surface area (Å²) in [5, 5.41) is 0.762. The predicted octanol–water partition coefficient (Wildman–Crippen LogP) is 2.09. The highest BCUT2D eigenvalue weighted by molar-refractivity contribution is 7.99. The van der Waals surface area contributed by atoms with E-state index in [1.165, 1.54) is 18.1 Å². The van der Waals surface area contributed by atoms with Crippen LogP contribution in [0.2, 0.25) is 0 Å². The molecule has 0 bridgehead atoms. The lowest BCUT2D eigenvalue weighted by atomic mass is 10.4. The van der Waals surface area contributed by atoms with Gasteiger partial charge in [0.15, 0.2) is 16.6 Å². The minimum atomic E-state index is 0.419. The van der Waals surface area contributed by atoms with E-state index in [-0.39, 0.29) is 0 Å². The average Bonchev–Trinajstić information content (AvgIpc) is 2.74. The van der Waals surface area contributed by atoms with Gasteiger partial charge in [-0.1, -0.05) is 30.0 Å². The maximum absolute atomic E-state index is 5.73. The van der Waals surface area contributed by atoms with Gasteiger partial charge in [0, 0.05) is 4.90 Å². The lowest BCUT2D eigenvalue weighted by molar-refractivity contribution is 1.07. The van der Waals surface area contributed by atoms with E-state index < -0.39 is 0 Å². The van der Waals surface area contributed by atoms with Gasteiger partial charge in [0.2, 0.25) is 0 Å². The standard InChI is InChI=1S/C11H9N5S/c12-9-8-10(14-6-13-9)16-11(15-8)17-7-4-2-1-3-5-7/h1-6H,(H3,12,13,14,15,16). The molecule has 0 atom stereocenters. The number of hydrogen-bond donors (Lipinski definition) is 2. The summed E-state index contributed by atoms with van der Waals surface area (Å²) in [5.74, 6) is 0.419. The molecule has 0 aliphatic rings. The first-order valence-corrected chi connectivity index (χ1v) is 5.83. The molecular formula is C11H9N5S. The predicted molar refractivity (Wildman–Crippen MR) is 66.7 cm³/mol. The van der Waals surface area contributed by atoms with Crippen molar-refractivity contribution in [2.24, 2.45) is 0 Å². The fraction of sp³-hybridized carbons (Fsp3) is 0. The molecule has 3 aromatic rings. The summed E-state index contributed by atoms with van der Waals surface area (Å²) in [6.45, 7) is 0. The van der Waals surface area contributed by atoms with E-state index in [2.05, 4.69) is 19.9 Å². The molecule has 0 aliphatic heterocycles. The molecule has 0 spiro atoms. The number of benzene rings is 1. The molecule has 0 saturated heterocycles. The van der Waals surface area contributed by atoms with Gasteiger partial charge in [-0.05, 0) is 12.1 Å². The van der Waals surface area contributed by atoms with Gasteiger partial charge < -0.3 is 10.7 Å². The van der Waals surface area contributed by atoms with Gasteiger partial charge in [-0.25, -0.2) is 15.0 Å². The summed E-state index contributed by atoms with van der Waals surface area (Å²) in [6.07, 6.45) is 1.41. The summed E-state index contributed by atoms with van der Waals surface area (Å²) >= 11 is 1.53. The Balaban J connectivity index is 1.99. The van der Waals surface area contributed by atoms with Crippen molar-refractivity contribution >= 4 is 28.7 Å². The number of anilines is 1. The second-order valence-corrected chi connectivity index (χ2v) is 4.48. The largest absolute Gasteiger partial charge is 0.382 e. The molecule has 17 heavy (non-hydrogen) atoms.